The highest BCUT2D eigenvalue weighted by atomic mass is 35.5. The van der Waals surface area contributed by atoms with Crippen LogP contribution in [-0.4, -0.2) is 23.5 Å². The van der Waals surface area contributed by atoms with Gasteiger partial charge < -0.3 is 10.4 Å². The van der Waals surface area contributed by atoms with Crippen molar-refractivity contribution in [1.82, 2.24) is 5.32 Å². The van der Waals surface area contributed by atoms with Crippen LogP contribution < -0.4 is 5.32 Å². The minimum atomic E-state index is -0.892. The molecule has 1 rings (SSSR count). The number of rotatable bonds is 7. The second-order valence-electron chi connectivity index (χ2n) is 4.54. The molecule has 1 aromatic rings. The molecule has 0 aromatic heterocycles. The summed E-state index contributed by atoms with van der Waals surface area (Å²) in [5.41, 5.74) is 0.663. The summed E-state index contributed by atoms with van der Waals surface area (Å²) in [4.78, 5) is 22.8. The Balaban J connectivity index is 2.53. The van der Waals surface area contributed by atoms with Crippen molar-refractivity contribution in [3.8, 4) is 0 Å². The zero-order valence-corrected chi connectivity index (χ0v) is 12.7. The molecule has 0 aliphatic carbocycles. The Morgan fingerprint density at radius 1 is 1.35 bits per heavy atom. The first-order valence-corrected chi connectivity index (χ1v) is 7.13. The number of hydrogen-bond acceptors (Lipinski definition) is 2. The summed E-state index contributed by atoms with van der Waals surface area (Å²) < 4.78 is 0. The standard InChI is InChI=1S/C14H17Cl2NO3/c1-2-3-10(14(19)20)8-17-13(18)6-9-4-5-11(15)7-12(9)16/h4-5,7,10H,2-3,6,8H2,1H3,(H,17,18)(H,19,20). The fraction of sp³-hybridized carbons (Fsp3) is 0.429. The topological polar surface area (TPSA) is 66.4 Å². The van der Waals surface area contributed by atoms with Gasteiger partial charge in [0, 0.05) is 16.6 Å². The minimum absolute atomic E-state index is 0.106. The number of carbonyl (C=O) groups excluding carboxylic acids is 1. The second kappa shape index (κ2) is 8.12. The maximum atomic E-state index is 11.8. The summed E-state index contributed by atoms with van der Waals surface area (Å²) in [5, 5.41) is 12.6. The molecule has 0 bridgehead atoms. The van der Waals surface area contributed by atoms with Crippen LogP contribution >= 0.6 is 23.2 Å². The van der Waals surface area contributed by atoms with Gasteiger partial charge in [-0.05, 0) is 24.1 Å². The summed E-state index contributed by atoms with van der Waals surface area (Å²) in [5.74, 6) is -1.70. The van der Waals surface area contributed by atoms with Gasteiger partial charge in [-0.1, -0.05) is 42.6 Å². The molecule has 1 aromatic carbocycles. The quantitative estimate of drug-likeness (QED) is 0.811. The van der Waals surface area contributed by atoms with Gasteiger partial charge in [-0.2, -0.15) is 0 Å². The molecule has 0 saturated heterocycles. The van der Waals surface area contributed by atoms with Crippen LogP contribution in [0.2, 0.25) is 10.0 Å². The molecule has 6 heteroatoms. The van der Waals surface area contributed by atoms with Crippen molar-refractivity contribution in [2.75, 3.05) is 6.54 Å². The first-order valence-electron chi connectivity index (χ1n) is 6.37. The van der Waals surface area contributed by atoms with Gasteiger partial charge in [-0.15, -0.1) is 0 Å². The van der Waals surface area contributed by atoms with E-state index in [2.05, 4.69) is 5.32 Å². The number of hydrogen-bond donors (Lipinski definition) is 2. The molecule has 0 radical (unpaired) electrons. The highest BCUT2D eigenvalue weighted by Crippen LogP contribution is 2.21. The number of carbonyl (C=O) groups is 2. The van der Waals surface area contributed by atoms with Crippen molar-refractivity contribution in [1.29, 1.82) is 0 Å². The Labute approximate surface area is 128 Å². The Morgan fingerprint density at radius 2 is 2.05 bits per heavy atom. The van der Waals surface area contributed by atoms with Crippen molar-refractivity contribution >= 4 is 35.1 Å². The van der Waals surface area contributed by atoms with Gasteiger partial charge in [-0.25, -0.2) is 0 Å². The summed E-state index contributed by atoms with van der Waals surface area (Å²) in [6.07, 6.45) is 1.40. The molecule has 0 saturated carbocycles. The maximum Gasteiger partial charge on any atom is 0.308 e. The zero-order valence-electron chi connectivity index (χ0n) is 11.2. The molecule has 2 N–H and O–H groups in total. The summed E-state index contributed by atoms with van der Waals surface area (Å²) in [7, 11) is 0. The van der Waals surface area contributed by atoms with Crippen molar-refractivity contribution in [3.63, 3.8) is 0 Å². The van der Waals surface area contributed by atoms with E-state index in [1.54, 1.807) is 18.2 Å². The van der Waals surface area contributed by atoms with Gasteiger partial charge in [0.25, 0.3) is 0 Å². The van der Waals surface area contributed by atoms with Gasteiger partial charge in [0.05, 0.1) is 12.3 Å². The third-order valence-electron chi connectivity index (χ3n) is 2.90. The van der Waals surface area contributed by atoms with E-state index in [4.69, 9.17) is 28.3 Å². The average Bonchev–Trinajstić information content (AvgIpc) is 2.37. The summed E-state index contributed by atoms with van der Waals surface area (Å²) in [6, 6.07) is 4.92. The molecule has 0 fully saturated rings. The van der Waals surface area contributed by atoms with E-state index in [1.807, 2.05) is 6.92 Å². The number of aliphatic carboxylic acids is 1. The molecule has 20 heavy (non-hydrogen) atoms. The van der Waals surface area contributed by atoms with Crippen LogP contribution in [0.25, 0.3) is 0 Å². The SMILES string of the molecule is CCCC(CNC(=O)Cc1ccc(Cl)cc1Cl)C(=O)O. The Kier molecular flexibility index (Phi) is 6.82. The molecule has 1 atom stereocenters. The van der Waals surface area contributed by atoms with Crippen LogP contribution in [0.4, 0.5) is 0 Å². The molecular formula is C14H17Cl2NO3. The van der Waals surface area contributed by atoms with Crippen molar-refractivity contribution in [3.05, 3.63) is 33.8 Å². The molecule has 4 nitrogen and oxygen atoms in total. The predicted octanol–water partition coefficient (Wildman–Crippen LogP) is 3.15. The van der Waals surface area contributed by atoms with Gasteiger partial charge in [0.1, 0.15) is 0 Å². The Bertz CT molecular complexity index is 491. The Morgan fingerprint density at radius 3 is 2.60 bits per heavy atom. The van der Waals surface area contributed by atoms with Crippen LogP contribution in [0.15, 0.2) is 18.2 Å². The van der Waals surface area contributed by atoms with Gasteiger partial charge in [-0.3, -0.25) is 9.59 Å². The van der Waals surface area contributed by atoms with E-state index in [1.165, 1.54) is 0 Å². The van der Waals surface area contributed by atoms with E-state index in [9.17, 15) is 9.59 Å². The molecular weight excluding hydrogens is 301 g/mol. The molecule has 0 aliphatic heterocycles. The second-order valence-corrected chi connectivity index (χ2v) is 5.38. The Hall–Kier alpha value is -1.26. The highest BCUT2D eigenvalue weighted by molar-refractivity contribution is 6.35. The lowest BCUT2D eigenvalue weighted by molar-refractivity contribution is -0.141. The van der Waals surface area contributed by atoms with Crippen molar-refractivity contribution < 1.29 is 14.7 Å². The normalized spacial score (nSPS) is 11.9. The smallest absolute Gasteiger partial charge is 0.308 e. The van der Waals surface area contributed by atoms with Gasteiger partial charge in [0.15, 0.2) is 0 Å². The first-order chi connectivity index (χ1) is 9.43. The summed E-state index contributed by atoms with van der Waals surface area (Å²) in [6.45, 7) is 2.04. The molecule has 1 amide bonds. The molecule has 1 unspecified atom stereocenters. The monoisotopic (exact) mass is 317 g/mol. The third-order valence-corrected chi connectivity index (χ3v) is 3.49. The number of halogens is 2. The van der Waals surface area contributed by atoms with Gasteiger partial charge >= 0.3 is 5.97 Å². The predicted molar refractivity (Wildman–Crippen MR) is 79.2 cm³/mol. The van der Waals surface area contributed by atoms with Crippen LogP contribution in [-0.2, 0) is 16.0 Å². The first kappa shape index (κ1) is 16.8. The number of benzene rings is 1. The number of carboxylic acids is 1. The third kappa shape index (κ3) is 5.39. The lowest BCUT2D eigenvalue weighted by Crippen LogP contribution is -2.33. The van der Waals surface area contributed by atoms with Crippen molar-refractivity contribution in [2.24, 2.45) is 5.92 Å². The minimum Gasteiger partial charge on any atom is -0.481 e. The molecule has 0 heterocycles. The van der Waals surface area contributed by atoms with Gasteiger partial charge in [0.2, 0.25) is 5.91 Å². The van der Waals surface area contributed by atoms with E-state index >= 15 is 0 Å². The zero-order chi connectivity index (χ0) is 15.1. The van der Waals surface area contributed by atoms with E-state index < -0.39 is 11.9 Å². The van der Waals surface area contributed by atoms with Crippen LogP contribution in [0.3, 0.4) is 0 Å². The van der Waals surface area contributed by atoms with Crippen LogP contribution in [0, 0.1) is 5.92 Å². The number of amides is 1. The number of nitrogens with one attached hydrogen (secondary N) is 1. The molecule has 0 aliphatic rings. The van der Waals surface area contributed by atoms with E-state index in [0.29, 0.717) is 22.0 Å². The maximum absolute atomic E-state index is 11.8. The average molecular weight is 318 g/mol. The highest BCUT2D eigenvalue weighted by Gasteiger charge is 2.17. The van der Waals surface area contributed by atoms with Crippen LogP contribution in [0.1, 0.15) is 25.3 Å². The van der Waals surface area contributed by atoms with Crippen molar-refractivity contribution in [2.45, 2.75) is 26.2 Å². The largest absolute Gasteiger partial charge is 0.481 e. The lowest BCUT2D eigenvalue weighted by Gasteiger charge is -2.12. The van der Waals surface area contributed by atoms with Crippen LogP contribution in [0.5, 0.6) is 0 Å². The fourth-order valence-electron chi connectivity index (χ4n) is 1.80. The molecule has 0 spiro atoms. The summed E-state index contributed by atoms with van der Waals surface area (Å²) >= 11 is 11.8. The van der Waals surface area contributed by atoms with E-state index in [-0.39, 0.29) is 18.9 Å². The number of carboxylic acid groups (broad SMARTS) is 1. The van der Waals surface area contributed by atoms with E-state index in [0.717, 1.165) is 6.42 Å². The molecule has 110 valence electrons. The fourth-order valence-corrected chi connectivity index (χ4v) is 2.27. The lowest BCUT2D eigenvalue weighted by atomic mass is 10.0.